The van der Waals surface area contributed by atoms with E-state index in [2.05, 4.69) is 11.4 Å². The monoisotopic (exact) mass is 196 g/mol. The number of hydrogen-bond acceptors (Lipinski definition) is 2. The molecule has 0 aromatic heterocycles. The first-order valence-electron chi connectivity index (χ1n) is 4.55. The Morgan fingerprint density at radius 3 is 2.33 bits per heavy atom. The van der Waals surface area contributed by atoms with Crippen molar-refractivity contribution in [3.05, 3.63) is 0 Å². The third-order valence-electron chi connectivity index (χ3n) is 1.70. The summed E-state index contributed by atoms with van der Waals surface area (Å²) in [5, 5.41) is 0. The highest BCUT2D eigenvalue weighted by molar-refractivity contribution is 7.40. The fourth-order valence-corrected chi connectivity index (χ4v) is 1.30. The molecule has 0 aliphatic heterocycles. The van der Waals surface area contributed by atoms with Gasteiger partial charge < -0.3 is 9.42 Å². The van der Waals surface area contributed by atoms with Crippen LogP contribution in [0.25, 0.3) is 0 Å². The maximum absolute atomic E-state index is 11.7. The predicted octanol–water partition coefficient (Wildman–Crippen LogP) is 3.55. The Bertz CT molecular complexity index is 91.1. The van der Waals surface area contributed by atoms with E-state index in [-0.39, 0.29) is 0 Å². The van der Waals surface area contributed by atoms with Crippen LogP contribution in [-0.2, 0) is 4.52 Å². The third kappa shape index (κ3) is 10.3. The standard InChI is InChI=1S/C8H18FO2P/c1-2-3-4-5-6-7-8-11-12(9)10/h10H,2-8H2,1H3. The molecule has 0 fully saturated rings. The lowest BCUT2D eigenvalue weighted by atomic mass is 10.1. The maximum atomic E-state index is 11.7. The SMILES string of the molecule is CCCCCCCCOP(O)F. The number of rotatable bonds is 8. The van der Waals surface area contributed by atoms with Gasteiger partial charge in [-0.3, -0.25) is 0 Å². The van der Waals surface area contributed by atoms with Gasteiger partial charge in [0.1, 0.15) is 0 Å². The van der Waals surface area contributed by atoms with Crippen molar-refractivity contribution >= 4 is 8.69 Å². The summed E-state index contributed by atoms with van der Waals surface area (Å²) in [5.74, 6) is 0. The van der Waals surface area contributed by atoms with E-state index in [4.69, 9.17) is 4.89 Å². The second-order valence-electron chi connectivity index (χ2n) is 2.83. The summed E-state index contributed by atoms with van der Waals surface area (Å²) < 4.78 is 16.1. The molecular formula is C8H18FO2P. The van der Waals surface area contributed by atoms with Crippen molar-refractivity contribution in [1.29, 1.82) is 0 Å². The van der Waals surface area contributed by atoms with Crippen molar-refractivity contribution in [3.63, 3.8) is 0 Å². The van der Waals surface area contributed by atoms with Crippen molar-refractivity contribution < 1.29 is 13.6 Å². The molecule has 0 amide bonds. The fraction of sp³-hybridized carbons (Fsp3) is 1.00. The fourth-order valence-electron chi connectivity index (χ4n) is 1.02. The highest BCUT2D eigenvalue weighted by Crippen LogP contribution is 2.32. The molecule has 1 atom stereocenters. The summed E-state index contributed by atoms with van der Waals surface area (Å²) in [6.45, 7) is 2.52. The van der Waals surface area contributed by atoms with Gasteiger partial charge in [-0.2, -0.15) is 4.20 Å². The topological polar surface area (TPSA) is 29.5 Å². The molecule has 1 unspecified atom stereocenters. The average molecular weight is 196 g/mol. The van der Waals surface area contributed by atoms with Crippen LogP contribution in [0.5, 0.6) is 0 Å². The third-order valence-corrected chi connectivity index (χ3v) is 2.09. The van der Waals surface area contributed by atoms with Crippen LogP contribution in [-0.4, -0.2) is 11.5 Å². The lowest BCUT2D eigenvalue weighted by Crippen LogP contribution is -1.87. The Balaban J connectivity index is 2.82. The van der Waals surface area contributed by atoms with Gasteiger partial charge in [0.25, 0.3) is 0 Å². The zero-order valence-electron chi connectivity index (χ0n) is 7.63. The van der Waals surface area contributed by atoms with Crippen LogP contribution in [0.15, 0.2) is 0 Å². The van der Waals surface area contributed by atoms with E-state index < -0.39 is 8.69 Å². The van der Waals surface area contributed by atoms with E-state index in [1.807, 2.05) is 0 Å². The van der Waals surface area contributed by atoms with Crippen molar-refractivity contribution in [2.24, 2.45) is 0 Å². The molecule has 0 aromatic rings. The van der Waals surface area contributed by atoms with Gasteiger partial charge in [-0.15, -0.1) is 0 Å². The molecule has 0 spiro atoms. The van der Waals surface area contributed by atoms with Gasteiger partial charge in [-0.05, 0) is 6.42 Å². The minimum absolute atomic E-state index is 0.352. The number of halogens is 1. The molecule has 0 radical (unpaired) electrons. The van der Waals surface area contributed by atoms with E-state index in [0.717, 1.165) is 12.8 Å². The van der Waals surface area contributed by atoms with Gasteiger partial charge in [0.2, 0.25) is 0 Å². The van der Waals surface area contributed by atoms with Gasteiger partial charge in [0.05, 0.1) is 6.61 Å². The number of hydrogen-bond donors (Lipinski definition) is 1. The molecule has 74 valence electrons. The molecule has 1 N–H and O–H groups in total. The van der Waals surface area contributed by atoms with Crippen LogP contribution in [0.4, 0.5) is 4.20 Å². The van der Waals surface area contributed by atoms with E-state index in [1.54, 1.807) is 0 Å². The van der Waals surface area contributed by atoms with Gasteiger partial charge in [0, 0.05) is 0 Å². The summed E-state index contributed by atoms with van der Waals surface area (Å²) in [6, 6.07) is 0. The van der Waals surface area contributed by atoms with Crippen molar-refractivity contribution in [2.45, 2.75) is 45.4 Å². The zero-order chi connectivity index (χ0) is 9.23. The van der Waals surface area contributed by atoms with Crippen LogP contribution < -0.4 is 0 Å². The first-order chi connectivity index (χ1) is 5.77. The first kappa shape index (κ1) is 12.3. The van der Waals surface area contributed by atoms with Gasteiger partial charge in [-0.1, -0.05) is 39.0 Å². The van der Waals surface area contributed by atoms with Crippen molar-refractivity contribution in [3.8, 4) is 0 Å². The van der Waals surface area contributed by atoms with E-state index in [1.165, 1.54) is 25.7 Å². The minimum atomic E-state index is -2.63. The minimum Gasteiger partial charge on any atom is -0.325 e. The Labute approximate surface area is 75.2 Å². The molecule has 12 heavy (non-hydrogen) atoms. The molecule has 0 saturated heterocycles. The molecule has 0 aromatic carbocycles. The Morgan fingerprint density at radius 1 is 1.17 bits per heavy atom. The summed E-state index contributed by atoms with van der Waals surface area (Å²) in [5.41, 5.74) is 0. The lowest BCUT2D eigenvalue weighted by molar-refractivity contribution is 0.274. The molecule has 0 saturated carbocycles. The zero-order valence-corrected chi connectivity index (χ0v) is 8.52. The van der Waals surface area contributed by atoms with Crippen LogP contribution >= 0.6 is 8.69 Å². The van der Waals surface area contributed by atoms with Crippen molar-refractivity contribution in [1.82, 2.24) is 0 Å². The smallest absolute Gasteiger partial charge is 0.325 e. The Hall–Kier alpha value is 0.280. The van der Waals surface area contributed by atoms with E-state index in [9.17, 15) is 4.20 Å². The second-order valence-corrected chi connectivity index (χ2v) is 3.54. The molecule has 0 heterocycles. The Kier molecular flexibility index (Phi) is 9.59. The largest absolute Gasteiger partial charge is 0.372 e. The van der Waals surface area contributed by atoms with Crippen LogP contribution in [0, 0.1) is 0 Å². The molecule has 2 nitrogen and oxygen atoms in total. The second kappa shape index (κ2) is 9.37. The predicted molar refractivity (Wildman–Crippen MR) is 49.6 cm³/mol. The van der Waals surface area contributed by atoms with Gasteiger partial charge >= 0.3 is 8.69 Å². The highest BCUT2D eigenvalue weighted by atomic mass is 31.2. The normalized spacial score (nSPS) is 13.2. The Morgan fingerprint density at radius 2 is 1.75 bits per heavy atom. The summed E-state index contributed by atoms with van der Waals surface area (Å²) in [6.07, 6.45) is 6.88. The summed E-state index contributed by atoms with van der Waals surface area (Å²) >= 11 is 0. The highest BCUT2D eigenvalue weighted by Gasteiger charge is 1.99. The quantitative estimate of drug-likeness (QED) is 0.475. The van der Waals surface area contributed by atoms with Crippen LogP contribution in [0.3, 0.4) is 0 Å². The number of unbranched alkanes of at least 4 members (excludes halogenated alkanes) is 5. The molecule has 4 heteroatoms. The van der Waals surface area contributed by atoms with Crippen LogP contribution in [0.1, 0.15) is 45.4 Å². The molecule has 0 rings (SSSR count). The van der Waals surface area contributed by atoms with Crippen LogP contribution in [0.2, 0.25) is 0 Å². The van der Waals surface area contributed by atoms with E-state index >= 15 is 0 Å². The lowest BCUT2D eigenvalue weighted by Gasteiger charge is -2.01. The van der Waals surface area contributed by atoms with Crippen molar-refractivity contribution in [2.75, 3.05) is 6.61 Å². The average Bonchev–Trinajstić information content (AvgIpc) is 2.02. The molecule has 0 aliphatic carbocycles. The molecular weight excluding hydrogens is 178 g/mol. The van der Waals surface area contributed by atoms with Gasteiger partial charge in [0.15, 0.2) is 0 Å². The van der Waals surface area contributed by atoms with E-state index in [0.29, 0.717) is 6.61 Å². The van der Waals surface area contributed by atoms with Gasteiger partial charge in [-0.25, -0.2) is 0 Å². The maximum Gasteiger partial charge on any atom is 0.372 e. The molecule has 0 bridgehead atoms. The first-order valence-corrected chi connectivity index (χ1v) is 5.65. The summed E-state index contributed by atoms with van der Waals surface area (Å²) in [7, 11) is -2.63. The summed E-state index contributed by atoms with van der Waals surface area (Å²) in [4.78, 5) is 8.17. The molecule has 0 aliphatic rings.